The van der Waals surface area contributed by atoms with Crippen molar-refractivity contribution in [3.8, 4) is 0 Å². The topological polar surface area (TPSA) is 70.1 Å². The van der Waals surface area contributed by atoms with E-state index >= 15 is 0 Å². The van der Waals surface area contributed by atoms with Crippen LogP contribution in [0.3, 0.4) is 0 Å². The van der Waals surface area contributed by atoms with Gasteiger partial charge in [0.2, 0.25) is 5.95 Å². The molecule has 0 aliphatic heterocycles. The zero-order valence-electron chi connectivity index (χ0n) is 12.1. The summed E-state index contributed by atoms with van der Waals surface area (Å²) in [4.78, 5) is 7.49. The molecule has 1 aliphatic rings. The van der Waals surface area contributed by atoms with Crippen LogP contribution in [0.5, 0.6) is 0 Å². The Morgan fingerprint density at radius 1 is 1.38 bits per heavy atom. The number of nitrogens with zero attached hydrogens (tertiary/aromatic N) is 2. The van der Waals surface area contributed by atoms with Crippen LogP contribution in [0.1, 0.15) is 32.9 Å². The number of aliphatic hydroxyl groups is 1. The summed E-state index contributed by atoms with van der Waals surface area (Å²) in [5, 5.41) is 15.3. The molecule has 2 unspecified atom stereocenters. The lowest BCUT2D eigenvalue weighted by Gasteiger charge is -2.49. The Labute approximate surface area is 121 Å². The summed E-state index contributed by atoms with van der Waals surface area (Å²) in [5.74, 6) is 0.0470. The molecular formula is C13H19F3N4O. The van der Waals surface area contributed by atoms with Crippen molar-refractivity contribution in [2.45, 2.75) is 45.5 Å². The molecular weight excluding hydrogens is 285 g/mol. The van der Waals surface area contributed by atoms with Gasteiger partial charge in [0.1, 0.15) is 5.82 Å². The lowest BCUT2D eigenvalue weighted by atomic mass is 9.64. The minimum atomic E-state index is -4.53. The van der Waals surface area contributed by atoms with Crippen LogP contribution in [-0.2, 0) is 6.18 Å². The molecule has 1 aliphatic carbocycles. The number of aliphatic hydroxyl groups excluding tert-OH is 1. The third-order valence-electron chi connectivity index (χ3n) is 3.89. The molecule has 3 N–H and O–H groups in total. The fourth-order valence-electron chi connectivity index (χ4n) is 2.23. The van der Waals surface area contributed by atoms with Gasteiger partial charge in [0, 0.05) is 24.1 Å². The van der Waals surface area contributed by atoms with Crippen LogP contribution in [0.15, 0.2) is 6.07 Å². The molecule has 21 heavy (non-hydrogen) atoms. The van der Waals surface area contributed by atoms with Crippen LogP contribution in [-0.4, -0.2) is 33.8 Å². The van der Waals surface area contributed by atoms with Crippen molar-refractivity contribution in [1.82, 2.24) is 9.97 Å². The van der Waals surface area contributed by atoms with Crippen LogP contribution >= 0.6 is 0 Å². The van der Waals surface area contributed by atoms with E-state index in [1.165, 1.54) is 0 Å². The Kier molecular flexibility index (Phi) is 4.01. The Morgan fingerprint density at radius 3 is 2.52 bits per heavy atom. The van der Waals surface area contributed by atoms with E-state index in [2.05, 4.69) is 20.6 Å². The minimum Gasteiger partial charge on any atom is -0.392 e. The van der Waals surface area contributed by atoms with Gasteiger partial charge in [0.15, 0.2) is 5.69 Å². The van der Waals surface area contributed by atoms with E-state index in [9.17, 15) is 18.3 Å². The summed E-state index contributed by atoms with van der Waals surface area (Å²) in [6.45, 7) is 5.89. The van der Waals surface area contributed by atoms with Gasteiger partial charge >= 0.3 is 6.18 Å². The molecule has 1 fully saturated rings. The first-order valence-corrected chi connectivity index (χ1v) is 6.79. The summed E-state index contributed by atoms with van der Waals surface area (Å²) in [5.41, 5.74) is -1.39. The van der Waals surface area contributed by atoms with E-state index in [1.54, 1.807) is 6.92 Å². The third kappa shape index (κ3) is 3.20. The average molecular weight is 304 g/mol. The van der Waals surface area contributed by atoms with Crippen molar-refractivity contribution in [1.29, 1.82) is 0 Å². The first kappa shape index (κ1) is 15.8. The molecule has 8 heteroatoms. The molecule has 0 radical (unpaired) electrons. The third-order valence-corrected chi connectivity index (χ3v) is 3.89. The predicted octanol–water partition coefficient (Wildman–Crippen LogP) is 2.50. The second kappa shape index (κ2) is 5.32. The highest BCUT2D eigenvalue weighted by atomic mass is 19.4. The number of halogens is 3. The van der Waals surface area contributed by atoms with Gasteiger partial charge in [-0.15, -0.1) is 0 Å². The Hall–Kier alpha value is -1.57. The van der Waals surface area contributed by atoms with Crippen molar-refractivity contribution in [2.24, 2.45) is 5.41 Å². The molecule has 0 amide bonds. The van der Waals surface area contributed by atoms with Gasteiger partial charge in [-0.2, -0.15) is 18.2 Å². The molecule has 0 aromatic carbocycles. The SMILES string of the molecule is CCNc1nc(NC2CC(O)C2(C)C)cc(C(F)(F)F)n1. The molecule has 1 aromatic rings. The maximum absolute atomic E-state index is 12.8. The van der Waals surface area contributed by atoms with Gasteiger partial charge in [-0.05, 0) is 13.3 Å². The van der Waals surface area contributed by atoms with Crippen molar-refractivity contribution in [3.63, 3.8) is 0 Å². The number of nitrogens with one attached hydrogen (secondary N) is 2. The van der Waals surface area contributed by atoms with Crippen LogP contribution in [0.25, 0.3) is 0 Å². The fourth-order valence-corrected chi connectivity index (χ4v) is 2.23. The summed E-state index contributed by atoms with van der Waals surface area (Å²) >= 11 is 0. The smallest absolute Gasteiger partial charge is 0.392 e. The standard InChI is InChI=1S/C13H19F3N4O/c1-4-17-11-19-8(13(14,15)16)6-10(20-11)18-7-5-9(21)12(7,2)3/h6-7,9,21H,4-5H2,1-3H3,(H2,17,18,19,20). The van der Waals surface area contributed by atoms with Crippen LogP contribution in [0.2, 0.25) is 0 Å². The zero-order chi connectivity index (χ0) is 15.8. The van der Waals surface area contributed by atoms with Crippen molar-refractivity contribution in [2.75, 3.05) is 17.2 Å². The summed E-state index contributed by atoms with van der Waals surface area (Å²) in [6.07, 6.45) is -4.51. The van der Waals surface area contributed by atoms with Crippen molar-refractivity contribution in [3.05, 3.63) is 11.8 Å². The molecule has 2 atom stereocenters. The van der Waals surface area contributed by atoms with E-state index in [-0.39, 0.29) is 17.8 Å². The first-order valence-electron chi connectivity index (χ1n) is 6.79. The van der Waals surface area contributed by atoms with Crippen LogP contribution in [0.4, 0.5) is 24.9 Å². The lowest BCUT2D eigenvalue weighted by Crippen LogP contribution is -2.57. The highest BCUT2D eigenvalue weighted by Crippen LogP contribution is 2.42. The molecule has 1 heterocycles. The number of alkyl halides is 3. The second-order valence-electron chi connectivity index (χ2n) is 5.76. The molecule has 5 nitrogen and oxygen atoms in total. The van der Waals surface area contributed by atoms with E-state index in [4.69, 9.17) is 0 Å². The summed E-state index contributed by atoms with van der Waals surface area (Å²) in [6, 6.07) is 0.764. The maximum atomic E-state index is 12.8. The maximum Gasteiger partial charge on any atom is 0.433 e. The average Bonchev–Trinajstić information content (AvgIpc) is 2.37. The van der Waals surface area contributed by atoms with Gasteiger partial charge in [-0.25, -0.2) is 4.98 Å². The van der Waals surface area contributed by atoms with Crippen LogP contribution in [0, 0.1) is 5.41 Å². The number of aromatic nitrogens is 2. The Morgan fingerprint density at radius 2 is 2.05 bits per heavy atom. The Balaban J connectivity index is 2.24. The molecule has 118 valence electrons. The van der Waals surface area contributed by atoms with E-state index in [0.717, 1.165) is 6.07 Å². The number of anilines is 2. The summed E-state index contributed by atoms with van der Waals surface area (Å²) in [7, 11) is 0. The second-order valence-corrected chi connectivity index (χ2v) is 5.76. The van der Waals surface area contributed by atoms with Gasteiger partial charge in [-0.3, -0.25) is 0 Å². The fraction of sp³-hybridized carbons (Fsp3) is 0.692. The van der Waals surface area contributed by atoms with Crippen LogP contribution < -0.4 is 10.6 Å². The molecule has 0 spiro atoms. The monoisotopic (exact) mass is 304 g/mol. The predicted molar refractivity (Wildman–Crippen MR) is 73.0 cm³/mol. The first-order chi connectivity index (χ1) is 9.64. The van der Waals surface area contributed by atoms with Gasteiger partial charge in [0.05, 0.1) is 6.10 Å². The zero-order valence-corrected chi connectivity index (χ0v) is 12.1. The lowest BCUT2D eigenvalue weighted by molar-refractivity contribution is -0.141. The minimum absolute atomic E-state index is 0.0625. The molecule has 1 saturated carbocycles. The highest BCUT2D eigenvalue weighted by molar-refractivity contribution is 5.45. The normalized spacial score (nSPS) is 24.3. The molecule has 0 saturated heterocycles. The quantitative estimate of drug-likeness (QED) is 0.797. The van der Waals surface area contributed by atoms with E-state index < -0.39 is 23.4 Å². The van der Waals surface area contributed by atoms with Gasteiger partial charge in [-0.1, -0.05) is 13.8 Å². The van der Waals surface area contributed by atoms with E-state index in [0.29, 0.717) is 13.0 Å². The summed E-state index contributed by atoms with van der Waals surface area (Å²) < 4.78 is 38.5. The number of hydrogen-bond acceptors (Lipinski definition) is 5. The van der Waals surface area contributed by atoms with Gasteiger partial charge in [0.25, 0.3) is 0 Å². The largest absolute Gasteiger partial charge is 0.433 e. The Bertz CT molecular complexity index is 519. The van der Waals surface area contributed by atoms with Crippen molar-refractivity contribution < 1.29 is 18.3 Å². The molecule has 0 bridgehead atoms. The van der Waals surface area contributed by atoms with Gasteiger partial charge < -0.3 is 15.7 Å². The van der Waals surface area contributed by atoms with Crippen molar-refractivity contribution >= 4 is 11.8 Å². The number of hydrogen-bond donors (Lipinski definition) is 3. The molecule has 2 rings (SSSR count). The number of rotatable bonds is 4. The van der Waals surface area contributed by atoms with E-state index in [1.807, 2.05) is 13.8 Å². The highest BCUT2D eigenvalue weighted by Gasteiger charge is 2.47. The molecule has 1 aromatic heterocycles.